The third-order valence-corrected chi connectivity index (χ3v) is 7.62. The minimum absolute atomic E-state index is 0.0117. The number of pyridine rings is 1. The van der Waals surface area contributed by atoms with Crippen LogP contribution in [-0.2, 0) is 21.2 Å². The van der Waals surface area contributed by atoms with Gasteiger partial charge in [0.2, 0.25) is 11.9 Å². The van der Waals surface area contributed by atoms with Crippen molar-refractivity contribution in [2.75, 3.05) is 10.0 Å². The lowest BCUT2D eigenvalue weighted by molar-refractivity contribution is -0.115. The van der Waals surface area contributed by atoms with Crippen LogP contribution in [0.25, 0.3) is 0 Å². The van der Waals surface area contributed by atoms with Crippen molar-refractivity contribution in [3.63, 3.8) is 0 Å². The van der Waals surface area contributed by atoms with Gasteiger partial charge in [-0.05, 0) is 62.2 Å². The molecular weight excluding hydrogens is 484 g/mol. The van der Waals surface area contributed by atoms with Crippen molar-refractivity contribution in [2.24, 2.45) is 0 Å². The fraction of sp³-hybridized carbons (Fsp3) is 0.292. The number of benzene rings is 1. The number of carbonyl (C=O) groups excluding carboxylic acids is 1. The summed E-state index contributed by atoms with van der Waals surface area (Å²) >= 11 is 1.25. The molecule has 0 aliphatic carbocycles. The van der Waals surface area contributed by atoms with E-state index in [4.69, 9.17) is 0 Å². The summed E-state index contributed by atoms with van der Waals surface area (Å²) in [4.78, 5) is 25.5. The maximum atomic E-state index is 12.9. The predicted octanol–water partition coefficient (Wildman–Crippen LogP) is 4.31. The zero-order valence-electron chi connectivity index (χ0n) is 19.6. The number of anilines is 2. The molecule has 1 aromatic carbocycles. The zero-order valence-corrected chi connectivity index (χ0v) is 21.3. The van der Waals surface area contributed by atoms with E-state index in [2.05, 4.69) is 38.0 Å². The van der Waals surface area contributed by atoms with Crippen molar-refractivity contribution in [3.05, 3.63) is 65.6 Å². The first-order valence-electron chi connectivity index (χ1n) is 11.1. The molecule has 9 nitrogen and oxygen atoms in total. The van der Waals surface area contributed by atoms with Gasteiger partial charge in [0.15, 0.2) is 0 Å². The van der Waals surface area contributed by atoms with Gasteiger partial charge in [0.25, 0.3) is 10.0 Å². The molecule has 3 aromatic rings. The molecule has 1 unspecified atom stereocenters. The predicted molar refractivity (Wildman–Crippen MR) is 136 cm³/mol. The monoisotopic (exact) mass is 510 g/mol. The van der Waals surface area contributed by atoms with E-state index >= 15 is 0 Å². The molecule has 0 saturated carbocycles. The minimum Gasteiger partial charge on any atom is -0.325 e. The van der Waals surface area contributed by atoms with Crippen LogP contribution in [0, 0.1) is 18.3 Å². The van der Waals surface area contributed by atoms with Gasteiger partial charge in [-0.15, -0.1) is 0 Å². The van der Waals surface area contributed by atoms with Crippen LogP contribution in [0.15, 0.2) is 58.6 Å². The second kappa shape index (κ2) is 11.8. The number of nitriles is 1. The number of nitrogens with one attached hydrogen (secondary N) is 2. The Labute approximate surface area is 209 Å². The quantitative estimate of drug-likeness (QED) is 0.385. The summed E-state index contributed by atoms with van der Waals surface area (Å²) in [6.45, 7) is 5.67. The molecule has 0 saturated heterocycles. The molecule has 1 amide bonds. The number of amides is 1. The lowest BCUT2D eigenvalue weighted by Crippen LogP contribution is -2.25. The second-order valence-electron chi connectivity index (χ2n) is 7.67. The highest BCUT2D eigenvalue weighted by atomic mass is 32.2. The Bertz CT molecular complexity index is 1340. The summed E-state index contributed by atoms with van der Waals surface area (Å²) in [5.41, 5.74) is 2.40. The number of thioether (sulfide) groups is 1. The van der Waals surface area contributed by atoms with E-state index in [1.165, 1.54) is 42.2 Å². The molecule has 11 heteroatoms. The number of nitrogens with zero attached hydrogens (tertiary/aromatic N) is 4. The van der Waals surface area contributed by atoms with Crippen LogP contribution in [0.5, 0.6) is 0 Å². The zero-order chi connectivity index (χ0) is 25.4. The Hall–Kier alpha value is -3.49. The van der Waals surface area contributed by atoms with E-state index in [9.17, 15) is 18.5 Å². The Balaban J connectivity index is 1.70. The molecular formula is C24H26N6O3S2. The number of carbonyl (C=O) groups is 1. The number of rotatable bonds is 10. The average molecular weight is 511 g/mol. The van der Waals surface area contributed by atoms with Gasteiger partial charge in [-0.25, -0.2) is 28.1 Å². The Kier molecular flexibility index (Phi) is 8.78. The maximum Gasteiger partial charge on any atom is 0.264 e. The number of aromatic nitrogens is 3. The molecule has 2 heterocycles. The van der Waals surface area contributed by atoms with Gasteiger partial charge in [0.05, 0.1) is 15.7 Å². The summed E-state index contributed by atoms with van der Waals surface area (Å²) in [6, 6.07) is 13.2. The van der Waals surface area contributed by atoms with Gasteiger partial charge in [0, 0.05) is 23.3 Å². The molecule has 2 aromatic heterocycles. The average Bonchev–Trinajstić information content (AvgIpc) is 2.83. The van der Waals surface area contributed by atoms with Crippen LogP contribution in [0.1, 0.15) is 43.6 Å². The largest absolute Gasteiger partial charge is 0.325 e. The van der Waals surface area contributed by atoms with Gasteiger partial charge < -0.3 is 5.32 Å². The lowest BCUT2D eigenvalue weighted by atomic mass is 10.2. The van der Waals surface area contributed by atoms with Gasteiger partial charge >= 0.3 is 0 Å². The Morgan fingerprint density at radius 1 is 1.11 bits per heavy atom. The molecule has 0 spiro atoms. The topological polar surface area (TPSA) is 138 Å². The van der Waals surface area contributed by atoms with E-state index in [-0.39, 0.29) is 16.8 Å². The Morgan fingerprint density at radius 3 is 2.49 bits per heavy atom. The highest BCUT2D eigenvalue weighted by Gasteiger charge is 2.22. The number of aryl methyl sites for hydroxylation is 2. The van der Waals surface area contributed by atoms with E-state index in [0.29, 0.717) is 28.4 Å². The molecule has 182 valence electrons. The molecule has 0 fully saturated rings. The first-order valence-corrected chi connectivity index (χ1v) is 13.4. The van der Waals surface area contributed by atoms with Crippen LogP contribution in [0.4, 0.5) is 11.6 Å². The fourth-order valence-corrected chi connectivity index (χ4v) is 5.09. The second-order valence-corrected chi connectivity index (χ2v) is 10.5. The fourth-order valence-electron chi connectivity index (χ4n) is 3.12. The highest BCUT2D eigenvalue weighted by molar-refractivity contribution is 8.00. The van der Waals surface area contributed by atoms with Crippen molar-refractivity contribution < 1.29 is 13.2 Å². The molecule has 0 bridgehead atoms. The molecule has 0 aliphatic rings. The lowest BCUT2D eigenvalue weighted by Gasteiger charge is -2.16. The number of sulfonamides is 1. The van der Waals surface area contributed by atoms with Gasteiger partial charge in [-0.3, -0.25) is 4.79 Å². The summed E-state index contributed by atoms with van der Waals surface area (Å²) in [5, 5.41) is 12.3. The van der Waals surface area contributed by atoms with E-state index in [1.54, 1.807) is 19.1 Å². The highest BCUT2D eigenvalue weighted by Crippen LogP contribution is 2.28. The maximum absolute atomic E-state index is 12.9. The summed E-state index contributed by atoms with van der Waals surface area (Å²) in [5.74, 6) is -0.274. The van der Waals surface area contributed by atoms with Gasteiger partial charge in [-0.2, -0.15) is 5.26 Å². The molecule has 3 rings (SSSR count). The smallest absolute Gasteiger partial charge is 0.264 e. The van der Waals surface area contributed by atoms with Crippen LogP contribution in [0.3, 0.4) is 0 Å². The standard InChI is InChI=1S/C24H26N6O3S2/c1-4-6-18-8-7-17(15-25)23(29-18)34-21(5-2)22(31)28-19-9-11-20(12-10-19)35(32,33)30-24-26-14-13-16(3)27-24/h7-14,21H,4-6H2,1-3H3,(H,28,31)(H,26,27,30). The SMILES string of the molecule is CCCc1ccc(C#N)c(SC(CC)C(=O)Nc2ccc(S(=O)(=O)Nc3nccc(C)n3)cc2)n1. The third kappa shape index (κ3) is 7.00. The number of hydrogen-bond donors (Lipinski definition) is 2. The van der Waals surface area contributed by atoms with Crippen molar-refractivity contribution in [2.45, 2.75) is 55.2 Å². The normalized spacial score (nSPS) is 11.9. The van der Waals surface area contributed by atoms with Crippen LogP contribution in [-0.4, -0.2) is 34.5 Å². The number of hydrogen-bond acceptors (Lipinski definition) is 8. The molecule has 0 aliphatic heterocycles. The van der Waals surface area contributed by atoms with Crippen LogP contribution >= 0.6 is 11.8 Å². The van der Waals surface area contributed by atoms with Crippen molar-refractivity contribution in [1.29, 1.82) is 5.26 Å². The third-order valence-electron chi connectivity index (χ3n) is 4.91. The van der Waals surface area contributed by atoms with Crippen LogP contribution in [0.2, 0.25) is 0 Å². The van der Waals surface area contributed by atoms with E-state index in [0.717, 1.165) is 18.5 Å². The van der Waals surface area contributed by atoms with Gasteiger partial charge in [-0.1, -0.05) is 32.0 Å². The molecule has 2 N–H and O–H groups in total. The molecule has 35 heavy (non-hydrogen) atoms. The van der Waals surface area contributed by atoms with Gasteiger partial charge in [0.1, 0.15) is 11.1 Å². The minimum atomic E-state index is -3.88. The van der Waals surface area contributed by atoms with E-state index in [1.807, 2.05) is 13.0 Å². The summed E-state index contributed by atoms with van der Waals surface area (Å²) < 4.78 is 27.6. The molecule has 0 radical (unpaired) electrons. The van der Waals surface area contributed by atoms with Crippen molar-refractivity contribution in [1.82, 2.24) is 15.0 Å². The summed E-state index contributed by atoms with van der Waals surface area (Å²) in [7, 11) is -3.88. The van der Waals surface area contributed by atoms with Crippen molar-refractivity contribution in [3.8, 4) is 6.07 Å². The van der Waals surface area contributed by atoms with E-state index < -0.39 is 15.3 Å². The Morgan fingerprint density at radius 2 is 1.86 bits per heavy atom. The first kappa shape index (κ1) is 26.1. The first-order chi connectivity index (χ1) is 16.7. The van der Waals surface area contributed by atoms with Crippen LogP contribution < -0.4 is 10.0 Å². The molecule has 1 atom stereocenters. The van der Waals surface area contributed by atoms with Crippen molar-refractivity contribution >= 4 is 39.3 Å². The summed E-state index contributed by atoms with van der Waals surface area (Å²) in [6.07, 6.45) is 3.71.